The second-order valence-electron chi connectivity index (χ2n) is 14.9. The van der Waals surface area contributed by atoms with Gasteiger partial charge in [0.1, 0.15) is 13.2 Å². The van der Waals surface area contributed by atoms with Crippen LogP contribution in [0.5, 0.6) is 0 Å². The van der Waals surface area contributed by atoms with Gasteiger partial charge < -0.3 is 14.2 Å². The predicted molar refractivity (Wildman–Crippen MR) is 260 cm³/mol. The first-order valence-corrected chi connectivity index (χ1v) is 23.7. The zero-order valence-electron chi connectivity index (χ0n) is 38.6. The maximum atomic E-state index is 12.7. The summed E-state index contributed by atoms with van der Waals surface area (Å²) in [6.07, 6.45) is 67.3. The van der Waals surface area contributed by atoms with Crippen molar-refractivity contribution >= 4 is 17.9 Å². The summed E-state index contributed by atoms with van der Waals surface area (Å²) in [7, 11) is 0. The molecular weight excluding hydrogens is 757 g/mol. The molecule has 340 valence electrons. The molecular formula is C55H84O6. The highest BCUT2D eigenvalue weighted by Crippen LogP contribution is 2.10. The van der Waals surface area contributed by atoms with Gasteiger partial charge in [-0.2, -0.15) is 0 Å². The molecule has 0 spiro atoms. The summed E-state index contributed by atoms with van der Waals surface area (Å²) in [6, 6.07) is 0. The molecule has 6 nitrogen and oxygen atoms in total. The minimum atomic E-state index is -0.842. The van der Waals surface area contributed by atoms with Crippen molar-refractivity contribution in [3.05, 3.63) is 134 Å². The molecule has 0 N–H and O–H groups in total. The van der Waals surface area contributed by atoms with E-state index in [-0.39, 0.29) is 31.6 Å². The fourth-order valence-corrected chi connectivity index (χ4v) is 5.69. The van der Waals surface area contributed by atoms with E-state index in [2.05, 4.69) is 142 Å². The van der Waals surface area contributed by atoms with Crippen LogP contribution in [0.15, 0.2) is 134 Å². The third-order valence-corrected chi connectivity index (χ3v) is 9.14. The number of ether oxygens (including phenoxy) is 3. The number of carbonyl (C=O) groups is 3. The van der Waals surface area contributed by atoms with Crippen LogP contribution in [0.4, 0.5) is 0 Å². The highest BCUT2D eigenvalue weighted by molar-refractivity contribution is 5.71. The van der Waals surface area contributed by atoms with Gasteiger partial charge in [0.25, 0.3) is 0 Å². The van der Waals surface area contributed by atoms with Gasteiger partial charge in [0.15, 0.2) is 6.10 Å². The fourth-order valence-electron chi connectivity index (χ4n) is 5.69. The first-order valence-electron chi connectivity index (χ1n) is 23.7. The Balaban J connectivity index is 4.58. The summed E-state index contributed by atoms with van der Waals surface area (Å²) in [6.45, 7) is 6.15. The quantitative estimate of drug-likeness (QED) is 0.0265. The zero-order valence-corrected chi connectivity index (χ0v) is 38.6. The van der Waals surface area contributed by atoms with E-state index in [0.29, 0.717) is 19.3 Å². The van der Waals surface area contributed by atoms with Crippen LogP contribution in [-0.4, -0.2) is 37.2 Å². The normalized spacial score (nSPS) is 13.3. The van der Waals surface area contributed by atoms with E-state index in [1.165, 1.54) is 0 Å². The smallest absolute Gasteiger partial charge is 0.306 e. The van der Waals surface area contributed by atoms with Crippen LogP contribution in [0, 0.1) is 0 Å². The number of carbonyl (C=O) groups excluding carboxylic acids is 3. The number of rotatable bonds is 40. The molecule has 0 heterocycles. The molecule has 61 heavy (non-hydrogen) atoms. The Morgan fingerprint density at radius 3 is 0.984 bits per heavy atom. The number of hydrogen-bond acceptors (Lipinski definition) is 6. The molecule has 0 amide bonds. The van der Waals surface area contributed by atoms with E-state index in [0.717, 1.165) is 128 Å². The van der Waals surface area contributed by atoms with Crippen LogP contribution in [0.3, 0.4) is 0 Å². The number of unbranched alkanes of at least 4 members (excludes halogenated alkanes) is 7. The van der Waals surface area contributed by atoms with Crippen molar-refractivity contribution in [1.82, 2.24) is 0 Å². The molecule has 0 saturated carbocycles. The van der Waals surface area contributed by atoms with Crippen LogP contribution in [0.1, 0.15) is 175 Å². The van der Waals surface area contributed by atoms with Crippen molar-refractivity contribution in [2.24, 2.45) is 0 Å². The van der Waals surface area contributed by atoms with Crippen LogP contribution < -0.4 is 0 Å². The van der Waals surface area contributed by atoms with Crippen LogP contribution >= 0.6 is 0 Å². The largest absolute Gasteiger partial charge is 0.462 e. The van der Waals surface area contributed by atoms with Gasteiger partial charge in [0, 0.05) is 19.3 Å². The van der Waals surface area contributed by atoms with E-state index in [1.807, 2.05) is 12.2 Å². The van der Waals surface area contributed by atoms with Crippen molar-refractivity contribution in [2.75, 3.05) is 13.2 Å². The van der Waals surface area contributed by atoms with Crippen molar-refractivity contribution < 1.29 is 28.6 Å². The molecule has 0 bridgehead atoms. The molecule has 0 saturated heterocycles. The fraction of sp³-hybridized carbons (Fsp3) is 0.545. The maximum absolute atomic E-state index is 12.7. The highest BCUT2D eigenvalue weighted by Gasteiger charge is 2.19. The molecule has 0 aromatic rings. The zero-order chi connectivity index (χ0) is 44.4. The van der Waals surface area contributed by atoms with E-state index < -0.39 is 12.1 Å². The number of allylic oxidation sites excluding steroid dienone is 22. The minimum absolute atomic E-state index is 0.134. The molecule has 0 aliphatic carbocycles. The molecule has 0 aliphatic heterocycles. The Morgan fingerprint density at radius 1 is 0.328 bits per heavy atom. The average molecular weight is 841 g/mol. The Bertz CT molecular complexity index is 1380. The molecule has 0 aromatic heterocycles. The molecule has 0 aliphatic rings. The summed E-state index contributed by atoms with van der Waals surface area (Å²) in [5, 5.41) is 0. The van der Waals surface area contributed by atoms with Crippen molar-refractivity contribution in [2.45, 2.75) is 181 Å². The predicted octanol–water partition coefficient (Wildman–Crippen LogP) is 15.5. The molecule has 0 aromatic carbocycles. The van der Waals surface area contributed by atoms with Crippen LogP contribution in [0.25, 0.3) is 0 Å². The topological polar surface area (TPSA) is 78.9 Å². The summed E-state index contributed by atoms with van der Waals surface area (Å²) >= 11 is 0. The molecule has 6 heteroatoms. The lowest BCUT2D eigenvalue weighted by molar-refractivity contribution is -0.166. The Labute approximate surface area is 373 Å². The molecule has 1 atom stereocenters. The van der Waals surface area contributed by atoms with E-state index in [1.54, 1.807) is 0 Å². The Kier molecular flexibility index (Phi) is 44.7. The second kappa shape index (κ2) is 48.2. The van der Waals surface area contributed by atoms with Crippen molar-refractivity contribution in [1.29, 1.82) is 0 Å². The van der Waals surface area contributed by atoms with Crippen molar-refractivity contribution in [3.8, 4) is 0 Å². The second-order valence-corrected chi connectivity index (χ2v) is 14.9. The molecule has 0 rings (SSSR count). The third kappa shape index (κ3) is 46.5. The maximum Gasteiger partial charge on any atom is 0.306 e. The molecule has 0 fully saturated rings. The van der Waals surface area contributed by atoms with Gasteiger partial charge in [0.05, 0.1) is 0 Å². The van der Waals surface area contributed by atoms with Crippen molar-refractivity contribution in [3.63, 3.8) is 0 Å². The van der Waals surface area contributed by atoms with Crippen LogP contribution in [-0.2, 0) is 28.6 Å². The first kappa shape index (κ1) is 56.5. The third-order valence-electron chi connectivity index (χ3n) is 9.14. The summed E-state index contributed by atoms with van der Waals surface area (Å²) in [5.41, 5.74) is 0. The SMILES string of the molecule is CC/C=C\C/C=C\C/C=C\C/C=C\CCCCCCC(=O)OCC(COC(=O)CCCCC/C=C\C/C=C\C/C=C\CC)OC(=O)CC/C=C\C/C=C\C/C=C\C/C=C\CC. The standard InChI is InChI=1S/C55H84O6/c1-4-7-10-13-16-19-22-25-26-27-28-31-33-36-39-42-45-48-54(57)60-51-52(61-55(58)49-46-43-40-37-34-30-24-21-18-15-12-9-6-3)50-59-53(56)47-44-41-38-35-32-29-23-20-17-14-11-8-5-2/h7-12,16-21,25-26,28-32,34,40,43,52H,4-6,13-15,22-24,27,33,35-39,41-42,44-51H2,1-3H3/b10-7-,11-8-,12-9-,19-16-,20-17-,21-18-,26-25-,31-28-,32-29-,34-30-,43-40-. The minimum Gasteiger partial charge on any atom is -0.462 e. The van der Waals surface area contributed by atoms with Gasteiger partial charge in [-0.1, -0.05) is 174 Å². The van der Waals surface area contributed by atoms with Gasteiger partial charge >= 0.3 is 17.9 Å². The lowest BCUT2D eigenvalue weighted by Gasteiger charge is -2.18. The van der Waals surface area contributed by atoms with Gasteiger partial charge in [-0.05, 0) is 116 Å². The van der Waals surface area contributed by atoms with Gasteiger partial charge in [0.2, 0.25) is 0 Å². The highest BCUT2D eigenvalue weighted by atomic mass is 16.6. The summed E-state index contributed by atoms with van der Waals surface area (Å²) < 4.78 is 16.6. The van der Waals surface area contributed by atoms with E-state index in [4.69, 9.17) is 14.2 Å². The van der Waals surface area contributed by atoms with Gasteiger partial charge in [-0.25, -0.2) is 0 Å². The van der Waals surface area contributed by atoms with Gasteiger partial charge in [-0.3, -0.25) is 14.4 Å². The van der Waals surface area contributed by atoms with Gasteiger partial charge in [-0.15, -0.1) is 0 Å². The number of esters is 3. The summed E-state index contributed by atoms with van der Waals surface area (Å²) in [4.78, 5) is 37.8. The van der Waals surface area contributed by atoms with Crippen LogP contribution in [0.2, 0.25) is 0 Å². The lowest BCUT2D eigenvalue weighted by atomic mass is 10.1. The van der Waals surface area contributed by atoms with E-state index >= 15 is 0 Å². The average Bonchev–Trinajstić information content (AvgIpc) is 3.26. The lowest BCUT2D eigenvalue weighted by Crippen LogP contribution is -2.30. The molecule has 0 radical (unpaired) electrons. The number of hydrogen-bond donors (Lipinski definition) is 0. The summed E-state index contributed by atoms with van der Waals surface area (Å²) in [5.74, 6) is -1.08. The monoisotopic (exact) mass is 841 g/mol. The Morgan fingerprint density at radius 2 is 0.623 bits per heavy atom. The Hall–Kier alpha value is -4.45. The molecule has 1 unspecified atom stereocenters. The van der Waals surface area contributed by atoms with E-state index in [9.17, 15) is 14.4 Å². The first-order chi connectivity index (χ1) is 30.0.